The molecule has 5 nitrogen and oxygen atoms in total. The van der Waals surface area contributed by atoms with E-state index in [9.17, 15) is 0 Å². The Bertz CT molecular complexity index is 3530. The minimum Gasteiger partial charge on any atom is -0.455 e. The summed E-state index contributed by atoms with van der Waals surface area (Å²) < 4.78 is 11.9. The van der Waals surface area contributed by atoms with Gasteiger partial charge in [-0.1, -0.05) is 133 Å². The van der Waals surface area contributed by atoms with Crippen molar-refractivity contribution in [2.24, 2.45) is 0 Å². The lowest BCUT2D eigenvalue weighted by Crippen LogP contribution is -2.01. The fraction of sp³-hybridized carbons (Fsp3) is 0. The fourth-order valence-electron chi connectivity index (χ4n) is 8.43. The van der Waals surface area contributed by atoms with Gasteiger partial charge in [0.1, 0.15) is 11.2 Å². The Morgan fingerprint density at radius 1 is 0.404 bits per heavy atom. The summed E-state index contributed by atoms with van der Waals surface area (Å²) in [4.78, 5) is 15.4. The number of hydrogen-bond donors (Lipinski definition) is 0. The van der Waals surface area contributed by atoms with Gasteiger partial charge >= 0.3 is 0 Å². The third-order valence-electron chi connectivity index (χ3n) is 11.1. The smallest absolute Gasteiger partial charge is 0.167 e. The van der Waals surface area contributed by atoms with Crippen LogP contribution in [0.5, 0.6) is 0 Å². The van der Waals surface area contributed by atoms with Crippen molar-refractivity contribution in [1.29, 1.82) is 0 Å². The minimum absolute atomic E-state index is 0.549. The van der Waals surface area contributed by atoms with Crippen LogP contribution in [0.3, 0.4) is 0 Å². The van der Waals surface area contributed by atoms with E-state index in [-0.39, 0.29) is 0 Å². The zero-order valence-corrected chi connectivity index (χ0v) is 31.2. The van der Waals surface area contributed by atoms with Crippen LogP contribution in [-0.2, 0) is 0 Å². The molecule has 0 aliphatic carbocycles. The topological polar surface area (TPSA) is 56.7 Å². The lowest BCUT2D eigenvalue weighted by Gasteiger charge is -2.13. The predicted octanol–water partition coefficient (Wildman–Crippen LogP) is 13.9. The molecule has 0 saturated carbocycles. The van der Waals surface area contributed by atoms with Crippen molar-refractivity contribution in [3.63, 3.8) is 0 Å². The molecule has 0 spiro atoms. The molecule has 0 bridgehead atoms. The van der Waals surface area contributed by atoms with Crippen LogP contribution in [-0.4, -0.2) is 19.5 Å². The Balaban J connectivity index is 1.13. The van der Waals surface area contributed by atoms with Crippen LogP contribution in [0.1, 0.15) is 0 Å². The minimum atomic E-state index is 0.549. The van der Waals surface area contributed by atoms with Gasteiger partial charge in [-0.2, -0.15) is 0 Å². The number of fused-ring (bicyclic) bond motifs is 9. The molecule has 266 valence electrons. The predicted molar refractivity (Wildman–Crippen MR) is 236 cm³/mol. The van der Waals surface area contributed by atoms with E-state index in [0.29, 0.717) is 17.5 Å². The number of aromatic nitrogens is 4. The number of hydrogen-bond acceptors (Lipinski definition) is 5. The molecule has 8 aromatic carbocycles. The van der Waals surface area contributed by atoms with Gasteiger partial charge in [0.05, 0.1) is 27.7 Å². The van der Waals surface area contributed by atoms with E-state index in [1.54, 1.807) is 0 Å². The SMILES string of the molecule is c1ccc(-c2cccc(-c3nc(-c4ccccc4)nc(-c4ccc(-n5c6ccccc6c6cc7sc8ccccc8c7cc65)c5c4oc4ccccc45)n3)c2)cc1. The van der Waals surface area contributed by atoms with Gasteiger partial charge in [-0.15, -0.1) is 11.3 Å². The van der Waals surface area contributed by atoms with Crippen molar-refractivity contribution < 1.29 is 4.42 Å². The molecule has 0 aliphatic rings. The second kappa shape index (κ2) is 12.6. The Kier molecular flexibility index (Phi) is 7.03. The number of thiophene rings is 1. The van der Waals surface area contributed by atoms with Gasteiger partial charge in [0.15, 0.2) is 17.5 Å². The molecule has 57 heavy (non-hydrogen) atoms. The van der Waals surface area contributed by atoms with E-state index in [4.69, 9.17) is 19.4 Å². The molecule has 0 aliphatic heterocycles. The molecule has 0 amide bonds. The largest absolute Gasteiger partial charge is 0.455 e. The number of benzene rings is 8. The van der Waals surface area contributed by atoms with Crippen molar-refractivity contribution in [3.8, 4) is 51.0 Å². The van der Waals surface area contributed by atoms with Gasteiger partial charge in [0, 0.05) is 47.5 Å². The molecular weight excluding hydrogens is 717 g/mol. The molecule has 0 saturated heterocycles. The van der Waals surface area contributed by atoms with Crippen molar-refractivity contribution in [3.05, 3.63) is 182 Å². The van der Waals surface area contributed by atoms with Gasteiger partial charge in [-0.3, -0.25) is 0 Å². The number of para-hydroxylation sites is 2. The third kappa shape index (κ3) is 5.04. The molecule has 4 aromatic heterocycles. The first-order valence-electron chi connectivity index (χ1n) is 19.0. The number of furan rings is 1. The summed E-state index contributed by atoms with van der Waals surface area (Å²) in [6.45, 7) is 0. The normalized spacial score (nSPS) is 11.9. The van der Waals surface area contributed by atoms with Crippen LogP contribution >= 0.6 is 11.3 Å². The van der Waals surface area contributed by atoms with Crippen LogP contribution < -0.4 is 0 Å². The van der Waals surface area contributed by atoms with E-state index in [2.05, 4.69) is 138 Å². The molecule has 0 fully saturated rings. The Morgan fingerprint density at radius 2 is 1.05 bits per heavy atom. The standard InChI is InChI=1S/C51H30N4OS/c1-3-14-31(15-4-1)33-18-13-19-34(28-33)50-52-49(32-16-5-2-6-17-32)53-51(54-50)38-26-27-42(47-37-22-8-11-24-44(37)56-48(38)47)55-41-23-10-7-20-35(41)39-30-46-40(29-43(39)55)36-21-9-12-25-45(36)57-46/h1-30H. The van der Waals surface area contributed by atoms with Crippen molar-refractivity contribution in [1.82, 2.24) is 19.5 Å². The molecule has 6 heteroatoms. The Hall–Kier alpha value is -7.41. The van der Waals surface area contributed by atoms with Crippen LogP contribution in [0.25, 0.3) is 115 Å². The van der Waals surface area contributed by atoms with E-state index >= 15 is 0 Å². The summed E-state index contributed by atoms with van der Waals surface area (Å²) in [6, 6.07) is 63.7. The number of nitrogens with zero attached hydrogens (tertiary/aromatic N) is 4. The summed E-state index contributed by atoms with van der Waals surface area (Å²) in [7, 11) is 0. The first kappa shape index (κ1) is 31.9. The van der Waals surface area contributed by atoms with Crippen molar-refractivity contribution in [2.45, 2.75) is 0 Å². The first-order valence-corrected chi connectivity index (χ1v) is 19.8. The monoisotopic (exact) mass is 746 g/mol. The average Bonchev–Trinajstić information content (AvgIpc) is 3.95. The molecule has 4 heterocycles. The molecule has 0 atom stereocenters. The molecule has 0 radical (unpaired) electrons. The highest BCUT2D eigenvalue weighted by molar-refractivity contribution is 7.25. The molecule has 0 unspecified atom stereocenters. The summed E-state index contributed by atoms with van der Waals surface area (Å²) in [6.07, 6.45) is 0. The van der Waals surface area contributed by atoms with Gasteiger partial charge in [-0.25, -0.2) is 15.0 Å². The van der Waals surface area contributed by atoms with Gasteiger partial charge in [0.25, 0.3) is 0 Å². The maximum absolute atomic E-state index is 6.87. The highest BCUT2D eigenvalue weighted by Crippen LogP contribution is 2.44. The lowest BCUT2D eigenvalue weighted by atomic mass is 10.0. The lowest BCUT2D eigenvalue weighted by molar-refractivity contribution is 0.669. The maximum Gasteiger partial charge on any atom is 0.167 e. The molecule has 12 aromatic rings. The molecular formula is C51H30N4OS. The number of rotatable bonds is 5. The van der Waals surface area contributed by atoms with E-state index < -0.39 is 0 Å². The first-order chi connectivity index (χ1) is 28.2. The van der Waals surface area contributed by atoms with Crippen LogP contribution in [0, 0.1) is 0 Å². The van der Waals surface area contributed by atoms with Crippen molar-refractivity contribution in [2.75, 3.05) is 0 Å². The zero-order valence-electron chi connectivity index (χ0n) is 30.4. The average molecular weight is 747 g/mol. The summed E-state index contributed by atoms with van der Waals surface area (Å²) in [5, 5.41) is 7.02. The van der Waals surface area contributed by atoms with Crippen LogP contribution in [0.15, 0.2) is 186 Å². The maximum atomic E-state index is 6.87. The third-order valence-corrected chi connectivity index (χ3v) is 12.2. The molecule has 12 rings (SSSR count). The highest BCUT2D eigenvalue weighted by atomic mass is 32.1. The zero-order chi connectivity index (χ0) is 37.5. The van der Waals surface area contributed by atoms with Crippen LogP contribution in [0.2, 0.25) is 0 Å². The van der Waals surface area contributed by atoms with E-state index in [1.807, 2.05) is 59.9 Å². The van der Waals surface area contributed by atoms with E-state index in [1.165, 1.54) is 30.9 Å². The Labute approximate surface area is 330 Å². The van der Waals surface area contributed by atoms with Gasteiger partial charge < -0.3 is 8.98 Å². The quantitative estimate of drug-likeness (QED) is 0.176. The summed E-state index contributed by atoms with van der Waals surface area (Å²) in [5.41, 5.74) is 9.73. The second-order valence-corrected chi connectivity index (χ2v) is 15.5. The van der Waals surface area contributed by atoms with Crippen molar-refractivity contribution >= 4 is 75.3 Å². The van der Waals surface area contributed by atoms with E-state index in [0.717, 1.165) is 66.5 Å². The van der Waals surface area contributed by atoms with Gasteiger partial charge in [0.2, 0.25) is 0 Å². The summed E-state index contributed by atoms with van der Waals surface area (Å²) in [5.74, 6) is 1.75. The van der Waals surface area contributed by atoms with Gasteiger partial charge in [-0.05, 0) is 59.7 Å². The molecule has 0 N–H and O–H groups in total. The fourth-order valence-corrected chi connectivity index (χ4v) is 9.56. The summed E-state index contributed by atoms with van der Waals surface area (Å²) >= 11 is 1.85. The van der Waals surface area contributed by atoms with Crippen LogP contribution in [0.4, 0.5) is 0 Å². The Morgan fingerprint density at radius 3 is 1.89 bits per heavy atom. The second-order valence-electron chi connectivity index (χ2n) is 14.4. The highest BCUT2D eigenvalue weighted by Gasteiger charge is 2.23.